The van der Waals surface area contributed by atoms with Gasteiger partial charge in [-0.05, 0) is 76.3 Å². The van der Waals surface area contributed by atoms with Crippen molar-refractivity contribution in [3.63, 3.8) is 0 Å². The van der Waals surface area contributed by atoms with E-state index in [9.17, 15) is 39.3 Å². The number of carbonyl (C=O) groups excluding carboxylic acids is 5. The molecule has 0 radical (unpaired) electrons. The van der Waals surface area contributed by atoms with Crippen LogP contribution in [0.3, 0.4) is 0 Å². The maximum atomic E-state index is 14.2. The second kappa shape index (κ2) is 11.4. The molecule has 11 heteroatoms. The van der Waals surface area contributed by atoms with Crippen molar-refractivity contribution in [2.45, 2.75) is 82.0 Å². The van der Waals surface area contributed by atoms with Crippen LogP contribution in [0.2, 0.25) is 0 Å². The van der Waals surface area contributed by atoms with Crippen LogP contribution in [0.5, 0.6) is 5.75 Å². The molecule has 0 bridgehead atoms. The fourth-order valence-corrected chi connectivity index (χ4v) is 8.60. The molecule has 2 saturated carbocycles. The first kappa shape index (κ1) is 32.4. The van der Waals surface area contributed by atoms with Crippen LogP contribution < -0.4 is 5.73 Å². The molecule has 4 aliphatic rings. The van der Waals surface area contributed by atoms with E-state index in [4.69, 9.17) is 5.73 Å². The number of phenolic OH excluding ortho intramolecular Hbond substituents is 1. The topological polar surface area (TPSA) is 179 Å². The number of amides is 1. The molecule has 1 heterocycles. The Balaban J connectivity index is 1.53. The molecule has 3 aliphatic carbocycles. The lowest BCUT2D eigenvalue weighted by Gasteiger charge is -2.56. The summed E-state index contributed by atoms with van der Waals surface area (Å²) < 4.78 is 0. The zero-order valence-electron chi connectivity index (χ0n) is 26.2. The van der Waals surface area contributed by atoms with Gasteiger partial charge in [-0.25, -0.2) is 0 Å². The van der Waals surface area contributed by atoms with E-state index in [0.717, 1.165) is 32.5 Å². The normalized spacial score (nSPS) is 34.5. The first-order chi connectivity index (χ1) is 20.6. The van der Waals surface area contributed by atoms with E-state index in [1.165, 1.54) is 38.3 Å². The number of likely N-dealkylation sites (tertiary alicyclic amines) is 1. The number of Topliss-reactive ketones (excluding diaryl/α,β-unsaturated/α-hetero) is 4. The average molecular weight is 612 g/mol. The van der Waals surface area contributed by atoms with Crippen LogP contribution in [0.25, 0.3) is 0 Å². The third-order valence-electron chi connectivity index (χ3n) is 10.9. The van der Waals surface area contributed by atoms with Crippen LogP contribution in [0.15, 0.2) is 12.1 Å². The molecule has 1 amide bonds. The van der Waals surface area contributed by atoms with Gasteiger partial charge in [-0.2, -0.15) is 0 Å². The molecule has 0 spiro atoms. The first-order valence-electron chi connectivity index (χ1n) is 15.7. The Kier molecular flexibility index (Phi) is 8.41. The number of phenols is 1. The summed E-state index contributed by atoms with van der Waals surface area (Å²) in [6, 6.07) is 2.15. The van der Waals surface area contributed by atoms with Crippen molar-refractivity contribution in [2.24, 2.45) is 29.4 Å². The number of aromatic hydroxyl groups is 1. The number of aliphatic hydroxyl groups is 2. The third kappa shape index (κ3) is 4.74. The average Bonchev–Trinajstić information content (AvgIpc) is 2.95. The van der Waals surface area contributed by atoms with E-state index in [0.29, 0.717) is 11.1 Å². The number of likely N-dealkylation sites (N-methyl/N-ethyl adjacent to an activating group) is 1. The predicted octanol–water partition coefficient (Wildman–Crippen LogP) is 0.943. The molecule has 1 aliphatic heterocycles. The molecule has 8 atom stereocenters. The van der Waals surface area contributed by atoms with Gasteiger partial charge in [0.1, 0.15) is 5.75 Å². The highest BCUT2D eigenvalue weighted by atomic mass is 16.3. The summed E-state index contributed by atoms with van der Waals surface area (Å²) in [5.74, 6) is -13.0. The molecule has 5 N–H and O–H groups in total. The van der Waals surface area contributed by atoms with Crippen molar-refractivity contribution >= 4 is 29.0 Å². The summed E-state index contributed by atoms with van der Waals surface area (Å²) in [6.45, 7) is 8.82. The van der Waals surface area contributed by atoms with Gasteiger partial charge >= 0.3 is 0 Å². The number of ketones is 4. The summed E-state index contributed by atoms with van der Waals surface area (Å²) in [5, 5.41) is 35.2. The zero-order chi connectivity index (χ0) is 32.5. The fraction of sp³-hybridized carbons (Fsp3) is 0.667. The number of rotatable bonds is 7. The molecule has 1 saturated heterocycles. The minimum Gasteiger partial charge on any atom is -0.507 e. The van der Waals surface area contributed by atoms with Gasteiger partial charge in [-0.3, -0.25) is 28.9 Å². The fourth-order valence-electron chi connectivity index (χ4n) is 8.60. The molecule has 1 aromatic rings. The Bertz CT molecular complexity index is 1400. The monoisotopic (exact) mass is 611 g/mol. The molecule has 5 rings (SSSR count). The molecular weight excluding hydrogens is 566 g/mol. The highest BCUT2D eigenvalue weighted by Gasteiger charge is 2.73. The third-order valence-corrected chi connectivity index (χ3v) is 10.9. The lowest BCUT2D eigenvalue weighted by atomic mass is 9.49. The second-order valence-electron chi connectivity index (χ2n) is 14.2. The molecular formula is C33H45N3O8. The number of hydrogen-bond acceptors (Lipinski definition) is 10. The minimum atomic E-state index is -3.00. The lowest BCUT2D eigenvalue weighted by molar-refractivity contribution is -0.196. The van der Waals surface area contributed by atoms with Gasteiger partial charge < -0.3 is 26.0 Å². The van der Waals surface area contributed by atoms with Crippen molar-refractivity contribution < 1.29 is 39.3 Å². The molecule has 11 nitrogen and oxygen atoms in total. The molecule has 3 fully saturated rings. The minimum absolute atomic E-state index is 0.0575. The van der Waals surface area contributed by atoms with E-state index in [1.807, 2.05) is 13.8 Å². The number of aliphatic hydroxyl groups excluding tert-OH is 1. The van der Waals surface area contributed by atoms with E-state index < -0.39 is 81.8 Å². The van der Waals surface area contributed by atoms with Crippen molar-refractivity contribution in [1.82, 2.24) is 9.80 Å². The van der Waals surface area contributed by atoms with Gasteiger partial charge in [0.05, 0.1) is 29.5 Å². The Labute approximate surface area is 257 Å². The van der Waals surface area contributed by atoms with E-state index in [1.54, 1.807) is 19.1 Å². The van der Waals surface area contributed by atoms with Gasteiger partial charge in [0.25, 0.3) is 0 Å². The van der Waals surface area contributed by atoms with E-state index in [2.05, 4.69) is 4.90 Å². The highest BCUT2D eigenvalue weighted by molar-refractivity contribution is 6.32. The van der Waals surface area contributed by atoms with Crippen molar-refractivity contribution in [3.05, 3.63) is 28.8 Å². The Morgan fingerprint density at radius 1 is 1.09 bits per heavy atom. The quantitative estimate of drug-likeness (QED) is 0.324. The summed E-state index contributed by atoms with van der Waals surface area (Å²) in [7, 11) is 2.94. The van der Waals surface area contributed by atoms with E-state index >= 15 is 0 Å². The van der Waals surface area contributed by atoms with Crippen molar-refractivity contribution in [3.8, 4) is 5.75 Å². The molecule has 8 unspecified atom stereocenters. The number of primary amides is 1. The standard InChI is InChI=1S/C33H45N3O8/c1-16-17-10-11-18(32(2,3)12-9-15-36-13-7-6-8-14-36)25(37)20(17)26(38)21-19(16)27(39)23-24(35(4)5)28(40)22(31(34)43)30(42)33(23,44)29(21)41/h10-11,16,19,21-24,27,37,39,44H,6-9,12-15H2,1-5H3,(H2,34,43). The highest BCUT2D eigenvalue weighted by Crippen LogP contribution is 2.55. The first-order valence-corrected chi connectivity index (χ1v) is 15.7. The number of fused-ring (bicyclic) bond motifs is 3. The summed E-state index contributed by atoms with van der Waals surface area (Å²) in [4.78, 5) is 71.3. The zero-order valence-corrected chi connectivity index (χ0v) is 26.2. The van der Waals surface area contributed by atoms with Crippen molar-refractivity contribution in [1.29, 1.82) is 0 Å². The summed E-state index contributed by atoms with van der Waals surface area (Å²) in [6.07, 6.45) is 3.64. The number of benzene rings is 1. The number of nitrogens with zero attached hydrogens (tertiary/aromatic N) is 2. The van der Waals surface area contributed by atoms with Crippen molar-refractivity contribution in [2.75, 3.05) is 33.7 Å². The van der Waals surface area contributed by atoms with Crippen LogP contribution in [0.4, 0.5) is 0 Å². The predicted molar refractivity (Wildman–Crippen MR) is 160 cm³/mol. The molecule has 44 heavy (non-hydrogen) atoms. The maximum Gasteiger partial charge on any atom is 0.235 e. The summed E-state index contributed by atoms with van der Waals surface area (Å²) in [5.41, 5.74) is 2.81. The SMILES string of the molecule is CC1c2ccc(C(C)(C)CCCN3CCCCC3)c(O)c2C(=O)C2C(=O)C3(O)C(=O)C(C(N)=O)C(=O)C(N(C)C)C3C(O)C21. The maximum absolute atomic E-state index is 14.2. The van der Waals surface area contributed by atoms with Crippen LogP contribution >= 0.6 is 0 Å². The van der Waals surface area contributed by atoms with Gasteiger partial charge in [-0.15, -0.1) is 0 Å². The molecule has 1 aromatic carbocycles. The van der Waals surface area contributed by atoms with Crippen LogP contribution in [-0.4, -0.2) is 106 Å². The van der Waals surface area contributed by atoms with Gasteiger partial charge in [0.15, 0.2) is 34.7 Å². The van der Waals surface area contributed by atoms with E-state index in [-0.39, 0.29) is 11.3 Å². The number of piperidine rings is 1. The Hall–Kier alpha value is -2.99. The lowest BCUT2D eigenvalue weighted by Crippen LogP contribution is -2.77. The number of hydrogen-bond donors (Lipinski definition) is 4. The Morgan fingerprint density at radius 2 is 1.73 bits per heavy atom. The van der Waals surface area contributed by atoms with Crippen LogP contribution in [0, 0.1) is 23.7 Å². The number of nitrogens with two attached hydrogens (primary N) is 1. The van der Waals surface area contributed by atoms with Gasteiger partial charge in [-0.1, -0.05) is 39.3 Å². The summed E-state index contributed by atoms with van der Waals surface area (Å²) >= 11 is 0. The second-order valence-corrected chi connectivity index (χ2v) is 14.2. The largest absolute Gasteiger partial charge is 0.507 e. The Morgan fingerprint density at radius 3 is 2.32 bits per heavy atom. The van der Waals surface area contributed by atoms with Gasteiger partial charge in [0.2, 0.25) is 5.91 Å². The number of carbonyl (C=O) groups is 5. The molecule has 240 valence electrons. The smallest absolute Gasteiger partial charge is 0.235 e. The van der Waals surface area contributed by atoms with Gasteiger partial charge in [0, 0.05) is 11.5 Å². The molecule has 0 aromatic heterocycles. The van der Waals surface area contributed by atoms with Crippen LogP contribution in [0.1, 0.15) is 80.3 Å². The van der Waals surface area contributed by atoms with Crippen LogP contribution in [-0.2, 0) is 24.6 Å².